The number of hydrogen-bond acceptors (Lipinski definition) is 5. The molecule has 0 spiro atoms. The predicted octanol–water partition coefficient (Wildman–Crippen LogP) is 3.93. The minimum absolute atomic E-state index is 0.190. The minimum atomic E-state index is -1.09. The van der Waals surface area contributed by atoms with Gasteiger partial charge in [-0.2, -0.15) is 0 Å². The van der Waals surface area contributed by atoms with Crippen molar-refractivity contribution in [1.82, 2.24) is 15.0 Å². The number of hydrogen-bond donors (Lipinski definition) is 4. The van der Waals surface area contributed by atoms with E-state index in [1.807, 2.05) is 24.3 Å². The summed E-state index contributed by atoms with van der Waals surface area (Å²) in [6.45, 7) is 0. The molecule has 2 aromatic heterocycles. The number of benzene rings is 2. The number of para-hydroxylation sites is 2. The second kappa shape index (κ2) is 8.95. The van der Waals surface area contributed by atoms with E-state index in [0.717, 1.165) is 5.52 Å². The lowest BCUT2D eigenvalue weighted by atomic mass is 10.1. The van der Waals surface area contributed by atoms with Crippen LogP contribution in [0.2, 0.25) is 5.02 Å². The molecule has 2 aromatic carbocycles. The van der Waals surface area contributed by atoms with Gasteiger partial charge in [0.1, 0.15) is 17.7 Å². The number of carbonyl (C=O) groups excluding carboxylic acids is 2. The minimum Gasteiger partial charge on any atom is -0.385 e. The molecule has 0 radical (unpaired) electrons. The molecule has 0 aliphatic carbocycles. The molecule has 0 saturated heterocycles. The predicted molar refractivity (Wildman–Crippen MR) is 118 cm³/mol. The molecule has 1 atom stereocenters. The number of aliphatic hydroxyl groups is 1. The summed E-state index contributed by atoms with van der Waals surface area (Å²) < 4.78 is 0. The SMILES string of the molecule is O=C(CC(O)c1nc2ccccc2[nH]1)Nc1cccc(C(=O)Nc2ccc(Cl)cn2)c1. The number of pyridine rings is 1. The smallest absolute Gasteiger partial charge is 0.256 e. The van der Waals surface area contributed by atoms with Gasteiger partial charge in [0.2, 0.25) is 5.91 Å². The second-order valence-electron chi connectivity index (χ2n) is 6.80. The molecule has 0 aliphatic rings. The highest BCUT2D eigenvalue weighted by atomic mass is 35.5. The normalized spacial score (nSPS) is 11.8. The van der Waals surface area contributed by atoms with Gasteiger partial charge in [-0.1, -0.05) is 29.8 Å². The quantitative estimate of drug-likeness (QED) is 0.366. The van der Waals surface area contributed by atoms with Crippen LogP contribution in [0.5, 0.6) is 0 Å². The van der Waals surface area contributed by atoms with Crippen molar-refractivity contribution in [1.29, 1.82) is 0 Å². The van der Waals surface area contributed by atoms with E-state index < -0.39 is 12.0 Å². The van der Waals surface area contributed by atoms with Gasteiger partial charge in [0.25, 0.3) is 5.91 Å². The molecule has 1 unspecified atom stereocenters. The number of fused-ring (bicyclic) bond motifs is 1. The van der Waals surface area contributed by atoms with E-state index in [4.69, 9.17) is 11.6 Å². The van der Waals surface area contributed by atoms with E-state index in [-0.39, 0.29) is 12.3 Å². The Balaban J connectivity index is 1.39. The lowest BCUT2D eigenvalue weighted by Gasteiger charge is -2.10. The van der Waals surface area contributed by atoms with E-state index in [1.54, 1.807) is 30.3 Å². The summed E-state index contributed by atoms with van der Waals surface area (Å²) in [6.07, 6.45) is 0.154. The van der Waals surface area contributed by atoms with Crippen molar-refractivity contribution in [2.45, 2.75) is 12.5 Å². The molecule has 0 fully saturated rings. The molecule has 8 nitrogen and oxygen atoms in total. The maximum Gasteiger partial charge on any atom is 0.256 e. The largest absolute Gasteiger partial charge is 0.385 e. The number of imidazole rings is 1. The average Bonchev–Trinajstić information content (AvgIpc) is 3.20. The van der Waals surface area contributed by atoms with Crippen LogP contribution < -0.4 is 10.6 Å². The molecule has 4 aromatic rings. The van der Waals surface area contributed by atoms with Gasteiger partial charge >= 0.3 is 0 Å². The highest BCUT2D eigenvalue weighted by molar-refractivity contribution is 6.30. The fourth-order valence-electron chi connectivity index (χ4n) is 2.99. The van der Waals surface area contributed by atoms with E-state index in [0.29, 0.717) is 33.4 Å². The number of carbonyl (C=O) groups is 2. The third kappa shape index (κ3) is 5.06. The molecule has 4 N–H and O–H groups in total. The number of nitrogens with zero attached hydrogens (tertiary/aromatic N) is 2. The number of H-pyrrole nitrogens is 1. The summed E-state index contributed by atoms with van der Waals surface area (Å²) in [5.41, 5.74) is 2.27. The summed E-state index contributed by atoms with van der Waals surface area (Å²) in [5.74, 6) is -0.115. The lowest BCUT2D eigenvalue weighted by Crippen LogP contribution is -2.17. The van der Waals surface area contributed by atoms with Crippen molar-refractivity contribution in [3.63, 3.8) is 0 Å². The molecule has 156 valence electrons. The van der Waals surface area contributed by atoms with E-state index >= 15 is 0 Å². The van der Waals surface area contributed by atoms with Crippen molar-refractivity contribution in [2.75, 3.05) is 10.6 Å². The van der Waals surface area contributed by atoms with Crippen molar-refractivity contribution < 1.29 is 14.7 Å². The van der Waals surface area contributed by atoms with Crippen LogP contribution in [0.3, 0.4) is 0 Å². The van der Waals surface area contributed by atoms with Crippen molar-refractivity contribution in [3.8, 4) is 0 Å². The first-order chi connectivity index (χ1) is 15.0. The standard InChI is InChI=1S/C22H18ClN5O3/c23-14-8-9-19(24-12-14)28-22(31)13-4-3-5-15(10-13)25-20(30)11-18(29)21-26-16-6-1-2-7-17(16)27-21/h1-10,12,18,29H,11H2,(H,25,30)(H,26,27)(H,24,28,31). The van der Waals surface area contributed by atoms with Gasteiger partial charge in [0, 0.05) is 17.4 Å². The third-order valence-electron chi connectivity index (χ3n) is 4.48. The summed E-state index contributed by atoms with van der Waals surface area (Å²) >= 11 is 5.79. The zero-order chi connectivity index (χ0) is 21.8. The van der Waals surface area contributed by atoms with Gasteiger partial charge in [0.05, 0.1) is 22.5 Å². The van der Waals surface area contributed by atoms with Crippen molar-refractivity contribution >= 4 is 46.0 Å². The van der Waals surface area contributed by atoms with E-state index in [1.165, 1.54) is 12.3 Å². The molecule has 0 saturated carbocycles. The fraction of sp³-hybridized carbons (Fsp3) is 0.0909. The molecule has 0 aliphatic heterocycles. The molecule has 2 heterocycles. The Hall–Kier alpha value is -3.75. The molecule has 0 bridgehead atoms. The number of aromatic nitrogens is 3. The van der Waals surface area contributed by atoms with Gasteiger partial charge in [0.15, 0.2) is 0 Å². The monoisotopic (exact) mass is 435 g/mol. The van der Waals surface area contributed by atoms with Gasteiger partial charge in [-0.25, -0.2) is 9.97 Å². The number of anilines is 2. The van der Waals surface area contributed by atoms with Crippen LogP contribution in [0.1, 0.15) is 28.7 Å². The van der Waals surface area contributed by atoms with Crippen LogP contribution in [-0.4, -0.2) is 31.9 Å². The first kappa shape index (κ1) is 20.5. The van der Waals surface area contributed by atoms with Gasteiger partial charge < -0.3 is 20.7 Å². The molecular formula is C22H18ClN5O3. The Bertz CT molecular complexity index is 1210. The van der Waals surface area contributed by atoms with E-state index in [9.17, 15) is 14.7 Å². The number of aromatic amines is 1. The first-order valence-corrected chi connectivity index (χ1v) is 9.81. The van der Waals surface area contributed by atoms with Crippen LogP contribution in [0.4, 0.5) is 11.5 Å². The molecule has 2 amide bonds. The molecule has 4 rings (SSSR count). The topological polar surface area (TPSA) is 120 Å². The summed E-state index contributed by atoms with van der Waals surface area (Å²) in [7, 11) is 0. The molecule has 9 heteroatoms. The van der Waals surface area contributed by atoms with Gasteiger partial charge in [-0.3, -0.25) is 9.59 Å². The second-order valence-corrected chi connectivity index (χ2v) is 7.24. The van der Waals surface area contributed by atoms with Crippen molar-refractivity contribution in [2.24, 2.45) is 0 Å². The summed E-state index contributed by atoms with van der Waals surface area (Å²) in [4.78, 5) is 36.1. The Kier molecular flexibility index (Phi) is 5.92. The van der Waals surface area contributed by atoms with Gasteiger partial charge in [-0.05, 0) is 42.5 Å². The Morgan fingerprint density at radius 2 is 1.90 bits per heavy atom. The first-order valence-electron chi connectivity index (χ1n) is 9.43. The van der Waals surface area contributed by atoms with Crippen LogP contribution in [-0.2, 0) is 4.79 Å². The number of amides is 2. The van der Waals surface area contributed by atoms with Crippen LogP contribution >= 0.6 is 11.6 Å². The number of rotatable bonds is 6. The van der Waals surface area contributed by atoms with Crippen LogP contribution in [0.25, 0.3) is 11.0 Å². The van der Waals surface area contributed by atoms with Crippen LogP contribution in [0, 0.1) is 0 Å². The average molecular weight is 436 g/mol. The lowest BCUT2D eigenvalue weighted by molar-refractivity contribution is -0.118. The van der Waals surface area contributed by atoms with Crippen LogP contribution in [0.15, 0.2) is 66.9 Å². The van der Waals surface area contributed by atoms with Gasteiger partial charge in [-0.15, -0.1) is 0 Å². The molecular weight excluding hydrogens is 418 g/mol. The number of aliphatic hydroxyl groups excluding tert-OH is 1. The number of halogens is 1. The number of nitrogens with one attached hydrogen (secondary N) is 3. The maximum atomic E-state index is 12.4. The summed E-state index contributed by atoms with van der Waals surface area (Å²) in [6, 6.07) is 17.0. The fourth-order valence-corrected chi connectivity index (χ4v) is 3.10. The Labute approximate surface area is 182 Å². The Morgan fingerprint density at radius 3 is 2.68 bits per heavy atom. The highest BCUT2D eigenvalue weighted by Gasteiger charge is 2.17. The maximum absolute atomic E-state index is 12.4. The third-order valence-corrected chi connectivity index (χ3v) is 4.70. The zero-order valence-electron chi connectivity index (χ0n) is 16.2. The zero-order valence-corrected chi connectivity index (χ0v) is 16.9. The van der Waals surface area contributed by atoms with Crippen molar-refractivity contribution in [3.05, 3.63) is 83.3 Å². The Morgan fingerprint density at radius 1 is 1.06 bits per heavy atom. The molecule has 31 heavy (non-hydrogen) atoms. The van der Waals surface area contributed by atoms with E-state index in [2.05, 4.69) is 25.6 Å². The highest BCUT2D eigenvalue weighted by Crippen LogP contribution is 2.20. The summed E-state index contributed by atoms with van der Waals surface area (Å²) in [5, 5.41) is 16.2.